The minimum Gasteiger partial charge on any atom is -0.493 e. The van der Waals surface area contributed by atoms with Gasteiger partial charge in [0.05, 0.1) is 24.3 Å². The standard InChI is InChI=1S/C24H27F3N2O5/c1-16(2)34-20-8-7-17(13-21(20)32-3)23(31)33-15-22(30)29-11-9-28(10-12-29)19-6-4-5-18(14-19)24(25,26)27/h4-8,13-14,16H,9-12,15H2,1-3H3. The summed E-state index contributed by atoms with van der Waals surface area (Å²) in [6.07, 6.45) is -4.48. The number of rotatable bonds is 7. The fourth-order valence-corrected chi connectivity index (χ4v) is 3.54. The van der Waals surface area contributed by atoms with E-state index in [1.807, 2.05) is 13.8 Å². The van der Waals surface area contributed by atoms with Crippen LogP contribution in [0.3, 0.4) is 0 Å². The first-order valence-electron chi connectivity index (χ1n) is 10.8. The summed E-state index contributed by atoms with van der Waals surface area (Å²) in [5, 5.41) is 0. The third-order valence-electron chi connectivity index (χ3n) is 5.26. The number of ether oxygens (including phenoxy) is 3. The molecule has 1 aliphatic rings. The molecule has 0 atom stereocenters. The number of carbonyl (C=O) groups is 2. The Kier molecular flexibility index (Phi) is 7.90. The van der Waals surface area contributed by atoms with Gasteiger partial charge in [-0.05, 0) is 50.2 Å². The highest BCUT2D eigenvalue weighted by Gasteiger charge is 2.31. The fourth-order valence-electron chi connectivity index (χ4n) is 3.54. The summed E-state index contributed by atoms with van der Waals surface area (Å²) in [6.45, 7) is 4.66. The number of hydrogen-bond donors (Lipinski definition) is 0. The molecular weight excluding hydrogens is 453 g/mol. The third kappa shape index (κ3) is 6.33. The largest absolute Gasteiger partial charge is 0.493 e. The van der Waals surface area contributed by atoms with E-state index in [-0.39, 0.29) is 17.6 Å². The number of hydrogen-bond acceptors (Lipinski definition) is 6. The molecule has 0 saturated carbocycles. The van der Waals surface area contributed by atoms with Crippen molar-refractivity contribution in [2.24, 2.45) is 0 Å². The molecule has 0 aromatic heterocycles. The van der Waals surface area contributed by atoms with Gasteiger partial charge < -0.3 is 24.0 Å². The summed E-state index contributed by atoms with van der Waals surface area (Å²) < 4.78 is 54.9. The van der Waals surface area contributed by atoms with Crippen molar-refractivity contribution in [2.75, 3.05) is 44.8 Å². The van der Waals surface area contributed by atoms with Crippen molar-refractivity contribution in [1.29, 1.82) is 0 Å². The van der Waals surface area contributed by atoms with Gasteiger partial charge in [-0.1, -0.05) is 6.07 Å². The molecule has 0 unspecified atom stereocenters. The van der Waals surface area contributed by atoms with Crippen LogP contribution >= 0.6 is 0 Å². The highest BCUT2D eigenvalue weighted by molar-refractivity contribution is 5.92. The maximum absolute atomic E-state index is 13.0. The van der Waals surface area contributed by atoms with Crippen LogP contribution in [0.25, 0.3) is 0 Å². The van der Waals surface area contributed by atoms with Crippen LogP contribution in [-0.2, 0) is 15.7 Å². The minimum atomic E-state index is -4.41. The van der Waals surface area contributed by atoms with Gasteiger partial charge in [0, 0.05) is 31.9 Å². The molecule has 1 heterocycles. The van der Waals surface area contributed by atoms with Gasteiger partial charge in [0.1, 0.15) is 0 Å². The second-order valence-electron chi connectivity index (χ2n) is 8.02. The number of nitrogens with zero attached hydrogens (tertiary/aromatic N) is 2. The molecule has 0 spiro atoms. The van der Waals surface area contributed by atoms with E-state index in [0.29, 0.717) is 43.4 Å². The predicted molar refractivity (Wildman–Crippen MR) is 119 cm³/mol. The van der Waals surface area contributed by atoms with Crippen LogP contribution in [-0.4, -0.2) is 62.8 Å². The second-order valence-corrected chi connectivity index (χ2v) is 8.02. The molecule has 0 N–H and O–H groups in total. The molecule has 1 fully saturated rings. The van der Waals surface area contributed by atoms with E-state index >= 15 is 0 Å². The molecule has 1 aliphatic heterocycles. The van der Waals surface area contributed by atoms with Gasteiger partial charge in [-0.25, -0.2) is 4.79 Å². The van der Waals surface area contributed by atoms with Crippen LogP contribution in [0.1, 0.15) is 29.8 Å². The molecule has 7 nitrogen and oxygen atoms in total. The summed E-state index contributed by atoms with van der Waals surface area (Å²) >= 11 is 0. The lowest BCUT2D eigenvalue weighted by Gasteiger charge is -2.36. The molecule has 1 saturated heterocycles. The van der Waals surface area contributed by atoms with Crippen molar-refractivity contribution >= 4 is 17.6 Å². The number of alkyl halides is 3. The SMILES string of the molecule is COc1cc(C(=O)OCC(=O)N2CCN(c3cccc(C(F)(F)F)c3)CC2)ccc1OC(C)C. The van der Waals surface area contributed by atoms with Crippen LogP contribution in [0.15, 0.2) is 42.5 Å². The summed E-state index contributed by atoms with van der Waals surface area (Å²) in [5.41, 5.74) is -0.0434. The first-order valence-corrected chi connectivity index (χ1v) is 10.8. The minimum absolute atomic E-state index is 0.0710. The average molecular weight is 480 g/mol. The quantitative estimate of drug-likeness (QED) is 0.558. The molecule has 10 heteroatoms. The van der Waals surface area contributed by atoms with Crippen LogP contribution in [0.4, 0.5) is 18.9 Å². The summed E-state index contributed by atoms with van der Waals surface area (Å²) in [5.74, 6) is -0.182. The monoisotopic (exact) mass is 480 g/mol. The number of benzene rings is 2. The van der Waals surface area contributed by atoms with E-state index in [0.717, 1.165) is 12.1 Å². The fraction of sp³-hybridized carbons (Fsp3) is 0.417. The van der Waals surface area contributed by atoms with Crippen molar-refractivity contribution in [3.8, 4) is 11.5 Å². The van der Waals surface area contributed by atoms with E-state index in [1.54, 1.807) is 17.0 Å². The van der Waals surface area contributed by atoms with E-state index in [4.69, 9.17) is 14.2 Å². The Morgan fingerprint density at radius 2 is 1.71 bits per heavy atom. The number of halogens is 3. The number of anilines is 1. The Balaban J connectivity index is 1.52. The zero-order valence-corrected chi connectivity index (χ0v) is 19.2. The van der Waals surface area contributed by atoms with Gasteiger partial charge in [-0.2, -0.15) is 13.2 Å². The number of carbonyl (C=O) groups excluding carboxylic acids is 2. The van der Waals surface area contributed by atoms with Crippen molar-refractivity contribution < 1.29 is 37.0 Å². The molecule has 0 radical (unpaired) electrons. The first kappa shape index (κ1) is 25.2. The van der Waals surface area contributed by atoms with E-state index in [9.17, 15) is 22.8 Å². The van der Waals surface area contributed by atoms with E-state index in [1.165, 1.54) is 30.2 Å². The third-order valence-corrected chi connectivity index (χ3v) is 5.26. The highest BCUT2D eigenvalue weighted by atomic mass is 19.4. The Bertz CT molecular complexity index is 1020. The van der Waals surface area contributed by atoms with Gasteiger partial charge in [0.15, 0.2) is 18.1 Å². The van der Waals surface area contributed by atoms with E-state index < -0.39 is 24.3 Å². The normalized spacial score (nSPS) is 14.2. The van der Waals surface area contributed by atoms with E-state index in [2.05, 4.69) is 0 Å². The van der Waals surface area contributed by atoms with Gasteiger partial charge in [-0.3, -0.25) is 4.79 Å². The lowest BCUT2D eigenvalue weighted by atomic mass is 10.1. The Morgan fingerprint density at radius 3 is 2.32 bits per heavy atom. The average Bonchev–Trinajstić information content (AvgIpc) is 2.82. The molecule has 3 rings (SSSR count). The molecule has 0 bridgehead atoms. The van der Waals surface area contributed by atoms with Crippen LogP contribution in [0.5, 0.6) is 11.5 Å². The summed E-state index contributed by atoms with van der Waals surface area (Å²) in [4.78, 5) is 28.2. The molecule has 34 heavy (non-hydrogen) atoms. The van der Waals surface area contributed by atoms with Crippen molar-refractivity contribution in [3.63, 3.8) is 0 Å². The number of amides is 1. The smallest absolute Gasteiger partial charge is 0.416 e. The Labute approximate surface area is 196 Å². The maximum Gasteiger partial charge on any atom is 0.416 e. The molecule has 1 amide bonds. The van der Waals surface area contributed by atoms with Crippen molar-refractivity contribution in [3.05, 3.63) is 53.6 Å². The van der Waals surface area contributed by atoms with Crippen LogP contribution < -0.4 is 14.4 Å². The first-order chi connectivity index (χ1) is 16.1. The maximum atomic E-state index is 13.0. The molecular formula is C24H27F3N2O5. The Morgan fingerprint density at radius 1 is 1.00 bits per heavy atom. The number of methoxy groups -OCH3 is 1. The van der Waals surface area contributed by atoms with Gasteiger partial charge in [0.25, 0.3) is 5.91 Å². The molecule has 0 aliphatic carbocycles. The zero-order chi connectivity index (χ0) is 24.9. The number of piperazine rings is 1. The van der Waals surface area contributed by atoms with Crippen LogP contribution in [0.2, 0.25) is 0 Å². The van der Waals surface area contributed by atoms with Crippen molar-refractivity contribution in [2.45, 2.75) is 26.1 Å². The summed E-state index contributed by atoms with van der Waals surface area (Å²) in [6, 6.07) is 9.72. The molecule has 184 valence electrons. The lowest BCUT2D eigenvalue weighted by molar-refractivity contribution is -0.137. The van der Waals surface area contributed by atoms with Gasteiger partial charge in [-0.15, -0.1) is 0 Å². The van der Waals surface area contributed by atoms with Crippen LogP contribution in [0, 0.1) is 0 Å². The van der Waals surface area contributed by atoms with Crippen molar-refractivity contribution in [1.82, 2.24) is 4.90 Å². The molecule has 2 aromatic rings. The van der Waals surface area contributed by atoms with Gasteiger partial charge in [0.2, 0.25) is 0 Å². The zero-order valence-electron chi connectivity index (χ0n) is 19.2. The highest BCUT2D eigenvalue weighted by Crippen LogP contribution is 2.32. The second kappa shape index (κ2) is 10.7. The predicted octanol–water partition coefficient (Wildman–Crippen LogP) is 4.01. The lowest BCUT2D eigenvalue weighted by Crippen LogP contribution is -2.50. The Hall–Kier alpha value is -3.43. The molecule has 2 aromatic carbocycles. The number of esters is 1. The summed E-state index contributed by atoms with van der Waals surface area (Å²) in [7, 11) is 1.46. The van der Waals surface area contributed by atoms with Gasteiger partial charge >= 0.3 is 12.1 Å². The topological polar surface area (TPSA) is 68.3 Å².